The van der Waals surface area contributed by atoms with Crippen LogP contribution in [0.15, 0.2) is 67.0 Å². The summed E-state index contributed by atoms with van der Waals surface area (Å²) >= 11 is 0. The number of likely N-dealkylation sites (tertiary alicyclic amines) is 1. The Labute approximate surface area is 181 Å². The van der Waals surface area contributed by atoms with Gasteiger partial charge in [0.05, 0.1) is 11.0 Å². The van der Waals surface area contributed by atoms with E-state index in [9.17, 15) is 4.39 Å². The molecule has 1 aliphatic rings. The number of fused-ring (bicyclic) bond motifs is 2. The van der Waals surface area contributed by atoms with Crippen LogP contribution in [0.4, 0.5) is 15.8 Å². The number of hydrogen-bond acceptors (Lipinski definition) is 5. The third kappa shape index (κ3) is 4.44. The first-order valence-electron chi connectivity index (χ1n) is 10.8. The van der Waals surface area contributed by atoms with Gasteiger partial charge in [-0.25, -0.2) is 4.39 Å². The molecule has 0 saturated carbocycles. The van der Waals surface area contributed by atoms with E-state index >= 15 is 0 Å². The molecule has 6 heteroatoms. The van der Waals surface area contributed by atoms with Gasteiger partial charge >= 0.3 is 0 Å². The molecule has 2 aromatic carbocycles. The molecule has 3 heterocycles. The first-order chi connectivity index (χ1) is 15.3. The van der Waals surface area contributed by atoms with Crippen LogP contribution in [0.3, 0.4) is 0 Å². The SMILES string of the molecule is Fc1ccc2c(NCCCN3CC(CNc4ccnc5ccccc45)C3)ccnc2c1. The van der Waals surface area contributed by atoms with Crippen LogP contribution in [0.1, 0.15) is 6.42 Å². The highest BCUT2D eigenvalue weighted by Crippen LogP contribution is 2.24. The van der Waals surface area contributed by atoms with Crippen LogP contribution in [0.25, 0.3) is 21.8 Å². The molecule has 0 amide bonds. The molecule has 158 valence electrons. The van der Waals surface area contributed by atoms with Gasteiger partial charge in [0.15, 0.2) is 0 Å². The second kappa shape index (κ2) is 8.86. The van der Waals surface area contributed by atoms with Crippen molar-refractivity contribution in [1.82, 2.24) is 14.9 Å². The third-order valence-corrected chi connectivity index (χ3v) is 5.93. The van der Waals surface area contributed by atoms with Gasteiger partial charge in [0, 0.05) is 72.7 Å². The Morgan fingerprint density at radius 1 is 0.871 bits per heavy atom. The van der Waals surface area contributed by atoms with Crippen LogP contribution >= 0.6 is 0 Å². The maximum atomic E-state index is 13.4. The molecule has 0 atom stereocenters. The number of hydrogen-bond donors (Lipinski definition) is 2. The predicted octanol–water partition coefficient (Wildman–Crippen LogP) is 4.77. The van der Waals surface area contributed by atoms with Crippen LogP contribution in [0.2, 0.25) is 0 Å². The Bertz CT molecular complexity index is 1180. The van der Waals surface area contributed by atoms with Crippen molar-refractivity contribution in [1.29, 1.82) is 0 Å². The number of para-hydroxylation sites is 1. The van der Waals surface area contributed by atoms with E-state index in [1.807, 2.05) is 24.4 Å². The standard InChI is InChI=1S/C25H26FN5/c26-19-6-7-21-23(8-12-29-25(21)14-19)27-10-3-13-31-16-18(17-31)15-30-24-9-11-28-22-5-2-1-4-20(22)24/h1-2,4-9,11-12,14,18H,3,10,13,15-17H2,(H,27,29)(H,28,30). The Hall–Kier alpha value is -3.25. The number of aromatic nitrogens is 2. The minimum absolute atomic E-state index is 0.254. The van der Waals surface area contributed by atoms with Crippen LogP contribution < -0.4 is 10.6 Å². The zero-order valence-corrected chi connectivity index (χ0v) is 17.4. The Morgan fingerprint density at radius 2 is 1.61 bits per heavy atom. The number of rotatable bonds is 8. The van der Waals surface area contributed by atoms with Gasteiger partial charge in [-0.15, -0.1) is 0 Å². The molecule has 31 heavy (non-hydrogen) atoms. The molecule has 0 unspecified atom stereocenters. The summed E-state index contributed by atoms with van der Waals surface area (Å²) in [5.74, 6) is 0.426. The minimum Gasteiger partial charge on any atom is -0.384 e. The number of nitrogens with zero attached hydrogens (tertiary/aromatic N) is 3. The van der Waals surface area contributed by atoms with Gasteiger partial charge in [-0.1, -0.05) is 18.2 Å². The summed E-state index contributed by atoms with van der Waals surface area (Å²) < 4.78 is 13.4. The van der Waals surface area contributed by atoms with Crippen molar-refractivity contribution in [2.75, 3.05) is 43.4 Å². The lowest BCUT2D eigenvalue weighted by Crippen LogP contribution is -2.49. The molecule has 1 aliphatic heterocycles. The quantitative estimate of drug-likeness (QED) is 0.406. The Balaban J connectivity index is 1.05. The van der Waals surface area contributed by atoms with Crippen LogP contribution in [0.5, 0.6) is 0 Å². The summed E-state index contributed by atoms with van der Waals surface area (Å²) in [6.45, 7) is 5.22. The Kier molecular flexibility index (Phi) is 5.63. The van der Waals surface area contributed by atoms with Gasteiger partial charge < -0.3 is 15.5 Å². The van der Waals surface area contributed by atoms with Crippen LogP contribution in [-0.2, 0) is 0 Å². The molecule has 1 saturated heterocycles. The molecule has 5 nitrogen and oxygen atoms in total. The van der Waals surface area contributed by atoms with E-state index in [-0.39, 0.29) is 5.82 Å². The van der Waals surface area contributed by atoms with Gasteiger partial charge in [0.2, 0.25) is 0 Å². The van der Waals surface area contributed by atoms with E-state index in [1.165, 1.54) is 17.5 Å². The summed E-state index contributed by atoms with van der Waals surface area (Å²) in [6.07, 6.45) is 4.66. The lowest BCUT2D eigenvalue weighted by Gasteiger charge is -2.39. The first kappa shape index (κ1) is 19.7. The largest absolute Gasteiger partial charge is 0.384 e. The zero-order valence-electron chi connectivity index (χ0n) is 17.4. The van der Waals surface area contributed by atoms with E-state index in [2.05, 4.69) is 43.7 Å². The summed E-state index contributed by atoms with van der Waals surface area (Å²) in [7, 11) is 0. The summed E-state index contributed by atoms with van der Waals surface area (Å²) in [5, 5.41) is 9.23. The minimum atomic E-state index is -0.254. The van der Waals surface area contributed by atoms with E-state index in [0.717, 1.165) is 61.4 Å². The topological polar surface area (TPSA) is 53.1 Å². The lowest BCUT2D eigenvalue weighted by molar-refractivity contribution is 0.109. The van der Waals surface area contributed by atoms with Gasteiger partial charge in [0.1, 0.15) is 5.82 Å². The fourth-order valence-corrected chi connectivity index (χ4v) is 4.29. The molecular formula is C25H26FN5. The molecule has 1 fully saturated rings. The van der Waals surface area contributed by atoms with Crippen molar-refractivity contribution in [3.8, 4) is 0 Å². The van der Waals surface area contributed by atoms with Crippen molar-refractivity contribution < 1.29 is 4.39 Å². The summed E-state index contributed by atoms with van der Waals surface area (Å²) in [5.41, 5.74) is 3.89. The number of anilines is 2. The molecular weight excluding hydrogens is 389 g/mol. The molecule has 0 aliphatic carbocycles. The van der Waals surface area contributed by atoms with Gasteiger partial charge in [-0.2, -0.15) is 0 Å². The second-order valence-electron chi connectivity index (χ2n) is 8.18. The number of pyridine rings is 2. The summed E-state index contributed by atoms with van der Waals surface area (Å²) in [4.78, 5) is 11.2. The third-order valence-electron chi connectivity index (χ3n) is 5.93. The van der Waals surface area contributed by atoms with E-state index in [4.69, 9.17) is 0 Å². The van der Waals surface area contributed by atoms with Crippen LogP contribution in [-0.4, -0.2) is 47.6 Å². The van der Waals surface area contributed by atoms with Gasteiger partial charge in [0.25, 0.3) is 0 Å². The molecule has 0 spiro atoms. The molecule has 4 aromatic rings. The van der Waals surface area contributed by atoms with E-state index < -0.39 is 0 Å². The maximum absolute atomic E-state index is 13.4. The summed E-state index contributed by atoms with van der Waals surface area (Å²) in [6, 6.07) is 17.0. The first-order valence-corrected chi connectivity index (χ1v) is 10.8. The van der Waals surface area contributed by atoms with Crippen molar-refractivity contribution in [2.24, 2.45) is 5.92 Å². The zero-order chi connectivity index (χ0) is 21.0. The highest BCUT2D eigenvalue weighted by Gasteiger charge is 2.25. The highest BCUT2D eigenvalue weighted by molar-refractivity contribution is 5.91. The monoisotopic (exact) mass is 415 g/mol. The van der Waals surface area contributed by atoms with Crippen molar-refractivity contribution in [3.63, 3.8) is 0 Å². The fourth-order valence-electron chi connectivity index (χ4n) is 4.29. The average Bonchev–Trinajstić information content (AvgIpc) is 2.77. The smallest absolute Gasteiger partial charge is 0.125 e. The molecule has 2 N–H and O–H groups in total. The Morgan fingerprint density at radius 3 is 2.48 bits per heavy atom. The highest BCUT2D eigenvalue weighted by atomic mass is 19.1. The van der Waals surface area contributed by atoms with Crippen molar-refractivity contribution in [3.05, 3.63) is 72.8 Å². The van der Waals surface area contributed by atoms with E-state index in [0.29, 0.717) is 11.4 Å². The molecule has 0 radical (unpaired) electrons. The predicted molar refractivity (Wildman–Crippen MR) is 125 cm³/mol. The molecule has 2 aromatic heterocycles. The van der Waals surface area contributed by atoms with E-state index in [1.54, 1.807) is 12.3 Å². The van der Waals surface area contributed by atoms with Gasteiger partial charge in [-0.05, 0) is 43.3 Å². The second-order valence-corrected chi connectivity index (χ2v) is 8.18. The van der Waals surface area contributed by atoms with Crippen molar-refractivity contribution >= 4 is 33.2 Å². The number of halogens is 1. The maximum Gasteiger partial charge on any atom is 0.125 e. The fraction of sp³-hybridized carbons (Fsp3) is 0.280. The molecule has 5 rings (SSSR count). The lowest BCUT2D eigenvalue weighted by atomic mass is 9.99. The average molecular weight is 416 g/mol. The number of nitrogens with one attached hydrogen (secondary N) is 2. The number of benzene rings is 2. The molecule has 0 bridgehead atoms. The normalized spacial score (nSPS) is 14.6. The van der Waals surface area contributed by atoms with Crippen molar-refractivity contribution in [2.45, 2.75) is 6.42 Å². The van der Waals surface area contributed by atoms with Gasteiger partial charge in [-0.3, -0.25) is 9.97 Å². The van der Waals surface area contributed by atoms with Crippen LogP contribution in [0, 0.1) is 11.7 Å².